The molecule has 1 unspecified atom stereocenters. The van der Waals surface area contributed by atoms with Crippen molar-refractivity contribution in [2.24, 2.45) is 5.73 Å². The van der Waals surface area contributed by atoms with E-state index in [9.17, 15) is 27.6 Å². The summed E-state index contributed by atoms with van der Waals surface area (Å²) < 4.78 is 39.2. The Morgan fingerprint density at radius 2 is 1.66 bits per heavy atom. The van der Waals surface area contributed by atoms with Gasteiger partial charge in [-0.25, -0.2) is 13.1 Å². The number of amides is 1. The molecule has 0 aliphatic rings. The van der Waals surface area contributed by atoms with Gasteiger partial charge in [-0.2, -0.15) is 0 Å². The molecule has 0 spiro atoms. The first-order valence-electron chi connectivity index (χ1n) is 9.25. The lowest BCUT2D eigenvalue weighted by atomic mass is 10.1. The first kappa shape index (κ1) is 23.6. The number of nitrogen functional groups attached to an aromatic ring is 1. The average molecular weight is 476 g/mol. The van der Waals surface area contributed by atoms with Crippen molar-refractivity contribution in [2.75, 3.05) is 6.54 Å². The summed E-state index contributed by atoms with van der Waals surface area (Å²) in [5, 5.41) is 11.1. The standard InChI is InChI=1S/C20H21N4O6PS/c21-19(22)14-5-7-15(8-6-14)20(31(26,27)28)24-18(25)12-23-32(29,30)17-10-9-13-3-1-2-4-16(13)11-17/h1-11,20,23H,12H2,(H3,21,22)(H,24,25)(H2,26,27,28). The molecule has 0 heterocycles. The molecule has 3 rings (SSSR count). The fourth-order valence-corrected chi connectivity index (χ4v) is 4.88. The highest BCUT2D eigenvalue weighted by atomic mass is 32.2. The highest BCUT2D eigenvalue weighted by molar-refractivity contribution is 7.89. The molecule has 0 aliphatic carbocycles. The molecule has 1 atom stereocenters. The molecule has 0 aliphatic heterocycles. The topological polar surface area (TPSA) is 183 Å². The third kappa shape index (κ3) is 5.58. The van der Waals surface area contributed by atoms with E-state index in [-0.39, 0.29) is 16.3 Å². The Morgan fingerprint density at radius 1 is 1.03 bits per heavy atom. The third-order valence-electron chi connectivity index (χ3n) is 4.63. The predicted octanol–water partition coefficient (Wildman–Crippen LogP) is 1.39. The van der Waals surface area contributed by atoms with Crippen molar-refractivity contribution in [1.29, 1.82) is 5.41 Å². The molecule has 10 nitrogen and oxygen atoms in total. The highest BCUT2D eigenvalue weighted by Gasteiger charge is 2.32. The maximum atomic E-state index is 12.6. The van der Waals surface area contributed by atoms with Gasteiger partial charge in [-0.15, -0.1) is 0 Å². The van der Waals surface area contributed by atoms with Crippen LogP contribution in [-0.2, 0) is 19.4 Å². The number of sulfonamides is 1. The van der Waals surface area contributed by atoms with Gasteiger partial charge in [0, 0.05) is 5.56 Å². The quantitative estimate of drug-likeness (QED) is 0.161. The molecule has 0 bridgehead atoms. The van der Waals surface area contributed by atoms with Gasteiger partial charge in [-0.05, 0) is 28.5 Å². The number of nitrogens with one attached hydrogen (secondary N) is 3. The van der Waals surface area contributed by atoms with Gasteiger partial charge in [0.05, 0.1) is 11.4 Å². The summed E-state index contributed by atoms with van der Waals surface area (Å²) in [4.78, 5) is 31.6. The van der Waals surface area contributed by atoms with Crippen molar-refractivity contribution < 1.29 is 27.6 Å². The highest BCUT2D eigenvalue weighted by Crippen LogP contribution is 2.49. The molecular formula is C20H21N4O6PS. The van der Waals surface area contributed by atoms with E-state index in [2.05, 4.69) is 10.0 Å². The minimum absolute atomic E-state index is 0.0460. The zero-order chi connectivity index (χ0) is 23.5. The summed E-state index contributed by atoms with van der Waals surface area (Å²) in [6.45, 7) is -0.725. The number of hydrogen-bond donors (Lipinski definition) is 6. The largest absolute Gasteiger partial charge is 0.384 e. The van der Waals surface area contributed by atoms with E-state index >= 15 is 0 Å². The lowest BCUT2D eigenvalue weighted by Gasteiger charge is -2.20. The zero-order valence-corrected chi connectivity index (χ0v) is 18.3. The van der Waals surface area contributed by atoms with Gasteiger partial charge >= 0.3 is 7.60 Å². The molecule has 0 aromatic heterocycles. The minimum Gasteiger partial charge on any atom is -0.384 e. The van der Waals surface area contributed by atoms with Crippen LogP contribution in [0.4, 0.5) is 0 Å². The van der Waals surface area contributed by atoms with Crippen molar-refractivity contribution in [1.82, 2.24) is 10.0 Å². The van der Waals surface area contributed by atoms with Gasteiger partial charge in [0.2, 0.25) is 15.9 Å². The minimum atomic E-state index is -4.83. The number of rotatable bonds is 8. The molecule has 3 aromatic rings. The van der Waals surface area contributed by atoms with E-state index in [4.69, 9.17) is 11.1 Å². The average Bonchev–Trinajstić information content (AvgIpc) is 2.75. The summed E-state index contributed by atoms with van der Waals surface area (Å²) in [5.41, 5.74) is 5.78. The summed E-state index contributed by atoms with van der Waals surface area (Å²) >= 11 is 0. The second-order valence-corrected chi connectivity index (χ2v) is 10.4. The monoisotopic (exact) mass is 476 g/mol. The van der Waals surface area contributed by atoms with E-state index in [1.807, 2.05) is 12.1 Å². The van der Waals surface area contributed by atoms with Gasteiger partial charge in [-0.3, -0.25) is 14.8 Å². The molecule has 0 radical (unpaired) electrons. The van der Waals surface area contributed by atoms with Crippen LogP contribution in [0.3, 0.4) is 0 Å². The van der Waals surface area contributed by atoms with E-state index in [0.717, 1.165) is 5.39 Å². The second kappa shape index (κ2) is 9.19. The summed E-state index contributed by atoms with van der Waals surface area (Å²) in [5.74, 6) is -2.85. The SMILES string of the molecule is N=C(N)c1ccc(C(NC(=O)CNS(=O)(=O)c2ccc3ccccc3c2)P(=O)(O)O)cc1. The number of carbonyl (C=O) groups excluding carboxylic acids is 1. The Bertz CT molecular complexity index is 1320. The molecule has 168 valence electrons. The first-order valence-corrected chi connectivity index (χ1v) is 12.4. The fourth-order valence-electron chi connectivity index (χ4n) is 2.99. The fraction of sp³-hybridized carbons (Fsp3) is 0.100. The number of amidine groups is 1. The molecular weight excluding hydrogens is 455 g/mol. The number of hydrogen-bond acceptors (Lipinski definition) is 5. The van der Waals surface area contributed by atoms with E-state index in [0.29, 0.717) is 10.9 Å². The zero-order valence-electron chi connectivity index (χ0n) is 16.6. The van der Waals surface area contributed by atoms with Gasteiger partial charge < -0.3 is 20.8 Å². The second-order valence-electron chi connectivity index (χ2n) is 6.93. The van der Waals surface area contributed by atoms with Crippen LogP contribution in [0, 0.1) is 5.41 Å². The Hall–Kier alpha value is -3.08. The number of nitrogens with two attached hydrogens (primary N) is 1. The van der Waals surface area contributed by atoms with E-state index < -0.39 is 35.9 Å². The molecule has 3 aromatic carbocycles. The van der Waals surface area contributed by atoms with Crippen molar-refractivity contribution in [3.63, 3.8) is 0 Å². The van der Waals surface area contributed by atoms with Crippen LogP contribution in [-0.4, -0.2) is 36.5 Å². The van der Waals surface area contributed by atoms with Crippen molar-refractivity contribution in [3.05, 3.63) is 77.9 Å². The Morgan fingerprint density at radius 3 is 2.25 bits per heavy atom. The van der Waals surface area contributed by atoms with Crippen LogP contribution in [0.5, 0.6) is 0 Å². The molecule has 32 heavy (non-hydrogen) atoms. The normalized spacial score (nSPS) is 12.9. The van der Waals surface area contributed by atoms with Gasteiger partial charge in [-0.1, -0.05) is 54.6 Å². The van der Waals surface area contributed by atoms with E-state index in [1.165, 1.54) is 36.4 Å². The van der Waals surface area contributed by atoms with Gasteiger partial charge in [0.1, 0.15) is 5.84 Å². The predicted molar refractivity (Wildman–Crippen MR) is 120 cm³/mol. The van der Waals surface area contributed by atoms with Crippen LogP contribution in [0.1, 0.15) is 16.9 Å². The van der Waals surface area contributed by atoms with Crippen molar-refractivity contribution in [2.45, 2.75) is 10.7 Å². The lowest BCUT2D eigenvalue weighted by molar-refractivity contribution is -0.120. The summed E-state index contributed by atoms with van der Waals surface area (Å²) in [7, 11) is -8.87. The number of carbonyl (C=O) groups is 1. The van der Waals surface area contributed by atoms with Crippen molar-refractivity contribution in [3.8, 4) is 0 Å². The molecule has 12 heteroatoms. The molecule has 0 saturated carbocycles. The lowest BCUT2D eigenvalue weighted by Crippen LogP contribution is -2.38. The number of benzene rings is 3. The maximum Gasteiger partial charge on any atom is 0.352 e. The maximum absolute atomic E-state index is 12.6. The molecule has 1 amide bonds. The summed E-state index contributed by atoms with van der Waals surface area (Å²) in [6.07, 6.45) is 0. The Kier molecular flexibility index (Phi) is 6.77. The van der Waals surface area contributed by atoms with E-state index in [1.54, 1.807) is 18.2 Å². The number of fused-ring (bicyclic) bond motifs is 1. The molecule has 0 saturated heterocycles. The van der Waals surface area contributed by atoms with Gasteiger partial charge in [0.25, 0.3) is 0 Å². The smallest absolute Gasteiger partial charge is 0.352 e. The Labute approximate surface area is 184 Å². The third-order valence-corrected chi connectivity index (χ3v) is 7.12. The van der Waals surface area contributed by atoms with Crippen molar-refractivity contribution >= 4 is 40.1 Å². The van der Waals surface area contributed by atoms with Crippen LogP contribution in [0.15, 0.2) is 71.6 Å². The molecule has 0 fully saturated rings. The van der Waals surface area contributed by atoms with Crippen LogP contribution < -0.4 is 15.8 Å². The Balaban J connectivity index is 1.73. The van der Waals surface area contributed by atoms with Crippen LogP contribution in [0.25, 0.3) is 10.8 Å². The van der Waals surface area contributed by atoms with Crippen LogP contribution in [0.2, 0.25) is 0 Å². The van der Waals surface area contributed by atoms with Crippen LogP contribution >= 0.6 is 7.60 Å². The summed E-state index contributed by atoms with van der Waals surface area (Å²) in [6, 6.07) is 17.1. The van der Waals surface area contributed by atoms with Gasteiger partial charge in [0.15, 0.2) is 5.78 Å². The molecule has 7 N–H and O–H groups in total. The first-order chi connectivity index (χ1) is 15.0.